The fourth-order valence-corrected chi connectivity index (χ4v) is 1.43. The van der Waals surface area contributed by atoms with Crippen LogP contribution < -0.4 is 0 Å². The summed E-state index contributed by atoms with van der Waals surface area (Å²) in [6.07, 6.45) is -2.86. The molecule has 1 N–H and O–H groups in total. The van der Waals surface area contributed by atoms with Crippen molar-refractivity contribution in [2.24, 2.45) is 0 Å². The summed E-state index contributed by atoms with van der Waals surface area (Å²) < 4.78 is 25.0. The molecule has 0 fully saturated rings. The van der Waals surface area contributed by atoms with Crippen molar-refractivity contribution in [2.45, 2.75) is 12.8 Å². The average Bonchev–Trinajstić information content (AvgIpc) is 2.17. The highest BCUT2D eigenvalue weighted by molar-refractivity contribution is 6.19. The number of aromatic hydroxyl groups is 1. The molecule has 0 bridgehead atoms. The smallest absolute Gasteiger partial charge is 0.264 e. The molecule has 0 unspecified atom stereocenters. The topological polar surface area (TPSA) is 37.3 Å². The molecule has 0 heterocycles. The lowest BCUT2D eigenvalue weighted by molar-refractivity contribution is 0.0972. The zero-order valence-electron chi connectivity index (χ0n) is 7.71. The summed E-state index contributed by atoms with van der Waals surface area (Å²) in [6, 6.07) is 3.59. The number of halogens is 3. The molecule has 5 heteroatoms. The first-order valence-electron chi connectivity index (χ1n) is 4.27. The molecule has 0 spiro atoms. The summed E-state index contributed by atoms with van der Waals surface area (Å²) in [5, 5.41) is 9.34. The van der Waals surface area contributed by atoms with Crippen molar-refractivity contribution in [3.8, 4) is 5.75 Å². The molecule has 2 nitrogen and oxygen atoms in total. The summed E-state index contributed by atoms with van der Waals surface area (Å²) in [4.78, 5) is 11.4. The molecular formula is C10H9ClF2O2. The Balaban J connectivity index is 3.18. The summed E-state index contributed by atoms with van der Waals surface area (Å²) in [6.45, 7) is 0. The molecule has 0 atom stereocenters. The highest BCUT2D eigenvalue weighted by Crippen LogP contribution is 2.30. The third-order valence-electron chi connectivity index (χ3n) is 1.91. The number of hydrogen-bond donors (Lipinski definition) is 1. The van der Waals surface area contributed by atoms with E-state index in [1.807, 2.05) is 0 Å². The van der Waals surface area contributed by atoms with Crippen LogP contribution in [0, 0.1) is 0 Å². The van der Waals surface area contributed by atoms with Gasteiger partial charge in [0.25, 0.3) is 6.43 Å². The second-order valence-corrected chi connectivity index (χ2v) is 3.28. The minimum Gasteiger partial charge on any atom is -0.507 e. The summed E-state index contributed by atoms with van der Waals surface area (Å²) in [5.74, 6) is -0.961. The van der Waals surface area contributed by atoms with Crippen LogP contribution in [-0.4, -0.2) is 16.8 Å². The monoisotopic (exact) mass is 234 g/mol. The standard InChI is InChI=1S/C10H9ClF2O2/c11-5-4-8(15)9-6(10(12)13)2-1-3-7(9)14/h1-3,10,14H,4-5H2. The Bertz CT molecular complexity index is 366. The second-order valence-electron chi connectivity index (χ2n) is 2.90. The van der Waals surface area contributed by atoms with Gasteiger partial charge in [-0.25, -0.2) is 8.78 Å². The van der Waals surface area contributed by atoms with E-state index in [-0.39, 0.29) is 17.9 Å². The van der Waals surface area contributed by atoms with Gasteiger partial charge in [0.1, 0.15) is 5.75 Å². The summed E-state index contributed by atoms with van der Waals surface area (Å²) >= 11 is 5.34. The Morgan fingerprint density at radius 1 is 1.47 bits per heavy atom. The van der Waals surface area contributed by atoms with Crippen LogP contribution in [-0.2, 0) is 0 Å². The van der Waals surface area contributed by atoms with E-state index in [9.17, 15) is 18.7 Å². The van der Waals surface area contributed by atoms with Crippen LogP contribution in [0.25, 0.3) is 0 Å². The maximum absolute atomic E-state index is 12.5. The number of benzene rings is 1. The van der Waals surface area contributed by atoms with Crippen molar-refractivity contribution in [3.05, 3.63) is 29.3 Å². The van der Waals surface area contributed by atoms with E-state index in [0.717, 1.165) is 6.07 Å². The quantitative estimate of drug-likeness (QED) is 0.642. The van der Waals surface area contributed by atoms with E-state index in [1.54, 1.807) is 0 Å². The van der Waals surface area contributed by atoms with Gasteiger partial charge in [-0.05, 0) is 6.07 Å². The molecule has 15 heavy (non-hydrogen) atoms. The number of hydrogen-bond acceptors (Lipinski definition) is 2. The minimum atomic E-state index is -2.79. The largest absolute Gasteiger partial charge is 0.507 e. The van der Waals surface area contributed by atoms with Crippen LogP contribution in [0.5, 0.6) is 5.75 Å². The maximum Gasteiger partial charge on any atom is 0.264 e. The van der Waals surface area contributed by atoms with Crippen LogP contribution in [0.3, 0.4) is 0 Å². The third-order valence-corrected chi connectivity index (χ3v) is 2.10. The third kappa shape index (κ3) is 2.65. The molecule has 1 aromatic carbocycles. The molecule has 0 saturated heterocycles. The molecule has 0 amide bonds. The van der Waals surface area contributed by atoms with Crippen molar-refractivity contribution in [3.63, 3.8) is 0 Å². The number of phenols is 1. The normalized spacial score (nSPS) is 10.7. The van der Waals surface area contributed by atoms with Gasteiger partial charge in [-0.15, -0.1) is 11.6 Å². The number of carbonyl (C=O) groups is 1. The highest BCUT2D eigenvalue weighted by atomic mass is 35.5. The van der Waals surface area contributed by atoms with E-state index in [2.05, 4.69) is 0 Å². The number of phenolic OH excluding ortho intramolecular Hbond substituents is 1. The fraction of sp³-hybridized carbons (Fsp3) is 0.300. The predicted octanol–water partition coefficient (Wildman–Crippen LogP) is 3.14. The van der Waals surface area contributed by atoms with Gasteiger partial charge in [-0.2, -0.15) is 0 Å². The van der Waals surface area contributed by atoms with E-state index in [0.29, 0.717) is 0 Å². The molecule has 1 aromatic rings. The number of ketones is 1. The number of alkyl halides is 3. The molecule has 0 aliphatic carbocycles. The first-order chi connectivity index (χ1) is 7.07. The van der Waals surface area contributed by atoms with Gasteiger partial charge >= 0.3 is 0 Å². The van der Waals surface area contributed by atoms with Gasteiger partial charge in [-0.3, -0.25) is 4.79 Å². The average molecular weight is 235 g/mol. The van der Waals surface area contributed by atoms with Gasteiger partial charge in [0.2, 0.25) is 0 Å². The Morgan fingerprint density at radius 3 is 2.67 bits per heavy atom. The lowest BCUT2D eigenvalue weighted by atomic mass is 10.0. The van der Waals surface area contributed by atoms with Crippen LogP contribution in [0.15, 0.2) is 18.2 Å². The Kier molecular flexibility index (Phi) is 4.03. The summed E-state index contributed by atoms with van der Waals surface area (Å²) in [5.41, 5.74) is -0.779. The van der Waals surface area contributed by atoms with Crippen LogP contribution in [0.4, 0.5) is 8.78 Å². The number of carbonyl (C=O) groups excluding carboxylic acids is 1. The Morgan fingerprint density at radius 2 is 2.13 bits per heavy atom. The number of rotatable bonds is 4. The second kappa shape index (κ2) is 5.07. The molecule has 0 aromatic heterocycles. The first kappa shape index (κ1) is 11.9. The van der Waals surface area contributed by atoms with Crippen LogP contribution in [0.2, 0.25) is 0 Å². The van der Waals surface area contributed by atoms with Gasteiger partial charge in [-0.1, -0.05) is 12.1 Å². The van der Waals surface area contributed by atoms with E-state index in [1.165, 1.54) is 12.1 Å². The minimum absolute atomic E-state index is 0.0375. The van der Waals surface area contributed by atoms with E-state index >= 15 is 0 Å². The molecular weight excluding hydrogens is 226 g/mol. The molecule has 0 radical (unpaired) electrons. The Hall–Kier alpha value is -1.16. The van der Waals surface area contributed by atoms with Gasteiger partial charge in [0.05, 0.1) is 5.56 Å². The van der Waals surface area contributed by atoms with E-state index < -0.39 is 23.5 Å². The van der Waals surface area contributed by atoms with Crippen molar-refractivity contribution in [1.82, 2.24) is 0 Å². The summed E-state index contributed by atoms with van der Waals surface area (Å²) in [7, 11) is 0. The molecule has 0 aliphatic rings. The molecule has 0 aliphatic heterocycles. The lowest BCUT2D eigenvalue weighted by Crippen LogP contribution is -2.05. The SMILES string of the molecule is O=C(CCCl)c1c(O)cccc1C(F)F. The zero-order valence-corrected chi connectivity index (χ0v) is 8.47. The molecule has 1 rings (SSSR count). The number of Topliss-reactive ketones (excluding diaryl/α,β-unsaturated/α-hetero) is 1. The predicted molar refractivity (Wildman–Crippen MR) is 52.7 cm³/mol. The molecule has 82 valence electrons. The van der Waals surface area contributed by atoms with Gasteiger partial charge in [0, 0.05) is 17.9 Å². The Labute approximate surface area is 90.5 Å². The van der Waals surface area contributed by atoms with Gasteiger partial charge < -0.3 is 5.11 Å². The molecule has 0 saturated carbocycles. The fourth-order valence-electron chi connectivity index (χ4n) is 1.25. The van der Waals surface area contributed by atoms with Crippen molar-refractivity contribution in [1.29, 1.82) is 0 Å². The van der Waals surface area contributed by atoms with Gasteiger partial charge in [0.15, 0.2) is 5.78 Å². The first-order valence-corrected chi connectivity index (χ1v) is 4.80. The maximum atomic E-state index is 12.5. The van der Waals surface area contributed by atoms with Crippen molar-refractivity contribution >= 4 is 17.4 Å². The van der Waals surface area contributed by atoms with Crippen molar-refractivity contribution in [2.75, 3.05) is 5.88 Å². The van der Waals surface area contributed by atoms with Crippen LogP contribution in [0.1, 0.15) is 28.8 Å². The zero-order chi connectivity index (χ0) is 11.4. The lowest BCUT2D eigenvalue weighted by Gasteiger charge is -2.08. The van der Waals surface area contributed by atoms with E-state index in [4.69, 9.17) is 11.6 Å². The van der Waals surface area contributed by atoms with Crippen molar-refractivity contribution < 1.29 is 18.7 Å². The van der Waals surface area contributed by atoms with Crippen LogP contribution >= 0.6 is 11.6 Å². The highest BCUT2D eigenvalue weighted by Gasteiger charge is 2.20.